The van der Waals surface area contributed by atoms with Crippen molar-refractivity contribution in [2.75, 3.05) is 32.8 Å². The zero-order valence-electron chi connectivity index (χ0n) is 11.6. The van der Waals surface area contributed by atoms with E-state index < -0.39 is 0 Å². The minimum Gasteiger partial charge on any atom is -0.380 e. The molecular formula is C15H26N2O. The minimum absolute atomic E-state index is 0.599. The molecule has 3 heteroatoms. The fourth-order valence-electron chi connectivity index (χ4n) is 1.81. The summed E-state index contributed by atoms with van der Waals surface area (Å²) in [6.45, 7) is 9.45. The van der Waals surface area contributed by atoms with Gasteiger partial charge >= 0.3 is 0 Å². The summed E-state index contributed by atoms with van der Waals surface area (Å²) in [6.07, 6.45) is 0. The molecule has 0 bridgehead atoms. The average Bonchev–Trinajstić information content (AvgIpc) is 2.36. The Morgan fingerprint density at radius 2 is 1.89 bits per heavy atom. The number of hydrogen-bond acceptors (Lipinski definition) is 3. The maximum atomic E-state index is 5.65. The monoisotopic (exact) mass is 250 g/mol. The molecule has 0 aromatic heterocycles. The highest BCUT2D eigenvalue weighted by atomic mass is 16.5. The standard InChI is InChI=1S/C15H26N2O/c1-14(2)13-18-11-10-17(9-8-16)12-15-6-4-3-5-7-15/h3-7,14H,8-13,16H2,1-2H3. The summed E-state index contributed by atoms with van der Waals surface area (Å²) in [5, 5.41) is 0. The van der Waals surface area contributed by atoms with Crippen LogP contribution < -0.4 is 5.73 Å². The van der Waals surface area contributed by atoms with Gasteiger partial charge in [-0.2, -0.15) is 0 Å². The van der Waals surface area contributed by atoms with Crippen LogP contribution in [0.25, 0.3) is 0 Å². The van der Waals surface area contributed by atoms with Crippen LogP contribution >= 0.6 is 0 Å². The van der Waals surface area contributed by atoms with Crippen LogP contribution in [0.4, 0.5) is 0 Å². The molecule has 0 saturated heterocycles. The van der Waals surface area contributed by atoms with Gasteiger partial charge in [0.05, 0.1) is 6.61 Å². The summed E-state index contributed by atoms with van der Waals surface area (Å²) in [5.74, 6) is 0.599. The zero-order valence-corrected chi connectivity index (χ0v) is 11.6. The molecule has 1 aromatic carbocycles. The third kappa shape index (κ3) is 6.74. The lowest BCUT2D eigenvalue weighted by Gasteiger charge is -2.21. The summed E-state index contributed by atoms with van der Waals surface area (Å²) >= 11 is 0. The molecule has 0 saturated carbocycles. The minimum atomic E-state index is 0.599. The van der Waals surface area contributed by atoms with Gasteiger partial charge in [-0.3, -0.25) is 4.90 Å². The third-order valence-electron chi connectivity index (χ3n) is 2.70. The van der Waals surface area contributed by atoms with E-state index in [0.717, 1.165) is 32.8 Å². The van der Waals surface area contributed by atoms with Crippen molar-refractivity contribution in [3.05, 3.63) is 35.9 Å². The van der Waals surface area contributed by atoms with E-state index in [0.29, 0.717) is 12.5 Å². The van der Waals surface area contributed by atoms with Crippen LogP contribution in [0.2, 0.25) is 0 Å². The van der Waals surface area contributed by atoms with Gasteiger partial charge in [-0.25, -0.2) is 0 Å². The molecule has 0 unspecified atom stereocenters. The summed E-state index contributed by atoms with van der Waals surface area (Å²) in [5.41, 5.74) is 6.98. The Kier molecular flexibility index (Phi) is 7.65. The van der Waals surface area contributed by atoms with Crippen LogP contribution in [-0.4, -0.2) is 37.7 Å². The van der Waals surface area contributed by atoms with Crippen molar-refractivity contribution in [3.8, 4) is 0 Å². The molecule has 0 aliphatic rings. The van der Waals surface area contributed by atoms with E-state index in [9.17, 15) is 0 Å². The summed E-state index contributed by atoms with van der Waals surface area (Å²) in [4.78, 5) is 2.34. The van der Waals surface area contributed by atoms with Crippen LogP contribution in [0.5, 0.6) is 0 Å². The van der Waals surface area contributed by atoms with Gasteiger partial charge < -0.3 is 10.5 Å². The summed E-state index contributed by atoms with van der Waals surface area (Å²) in [7, 11) is 0. The smallest absolute Gasteiger partial charge is 0.0593 e. The van der Waals surface area contributed by atoms with Crippen molar-refractivity contribution in [2.45, 2.75) is 20.4 Å². The Labute approximate surface area is 111 Å². The lowest BCUT2D eigenvalue weighted by atomic mass is 10.2. The first kappa shape index (κ1) is 15.2. The molecule has 3 nitrogen and oxygen atoms in total. The maximum Gasteiger partial charge on any atom is 0.0593 e. The highest BCUT2D eigenvalue weighted by molar-refractivity contribution is 5.14. The van der Waals surface area contributed by atoms with Crippen molar-refractivity contribution < 1.29 is 4.74 Å². The van der Waals surface area contributed by atoms with Crippen molar-refractivity contribution in [3.63, 3.8) is 0 Å². The van der Waals surface area contributed by atoms with E-state index >= 15 is 0 Å². The molecule has 0 aliphatic heterocycles. The van der Waals surface area contributed by atoms with E-state index in [2.05, 4.69) is 43.0 Å². The van der Waals surface area contributed by atoms with E-state index in [4.69, 9.17) is 10.5 Å². The van der Waals surface area contributed by atoms with Gasteiger partial charge in [0.1, 0.15) is 0 Å². The zero-order chi connectivity index (χ0) is 13.2. The second-order valence-electron chi connectivity index (χ2n) is 5.02. The summed E-state index contributed by atoms with van der Waals surface area (Å²) < 4.78 is 5.63. The van der Waals surface area contributed by atoms with E-state index in [1.807, 2.05) is 6.07 Å². The van der Waals surface area contributed by atoms with Crippen molar-refractivity contribution in [1.29, 1.82) is 0 Å². The predicted octanol–water partition coefficient (Wildman–Crippen LogP) is 2.12. The molecule has 0 aliphatic carbocycles. The first-order valence-corrected chi connectivity index (χ1v) is 6.76. The predicted molar refractivity (Wildman–Crippen MR) is 76.4 cm³/mol. The maximum absolute atomic E-state index is 5.65. The van der Waals surface area contributed by atoms with Crippen LogP contribution in [0, 0.1) is 5.92 Å². The topological polar surface area (TPSA) is 38.5 Å². The average molecular weight is 250 g/mol. The van der Waals surface area contributed by atoms with Crippen molar-refractivity contribution in [1.82, 2.24) is 4.90 Å². The molecule has 1 aromatic rings. The van der Waals surface area contributed by atoms with Gasteiger partial charge in [-0.1, -0.05) is 44.2 Å². The molecule has 0 heterocycles. The third-order valence-corrected chi connectivity index (χ3v) is 2.70. The van der Waals surface area contributed by atoms with Crippen molar-refractivity contribution >= 4 is 0 Å². The molecule has 0 spiro atoms. The molecule has 0 atom stereocenters. The number of hydrogen-bond donors (Lipinski definition) is 1. The Balaban J connectivity index is 2.31. The second kappa shape index (κ2) is 9.09. The lowest BCUT2D eigenvalue weighted by Crippen LogP contribution is -2.32. The van der Waals surface area contributed by atoms with Gasteiger partial charge in [0.15, 0.2) is 0 Å². The molecule has 1 rings (SSSR count). The van der Waals surface area contributed by atoms with Crippen molar-refractivity contribution in [2.24, 2.45) is 11.7 Å². The molecular weight excluding hydrogens is 224 g/mol. The largest absolute Gasteiger partial charge is 0.380 e. The lowest BCUT2D eigenvalue weighted by molar-refractivity contribution is 0.0842. The highest BCUT2D eigenvalue weighted by Crippen LogP contribution is 2.04. The van der Waals surface area contributed by atoms with Gasteiger partial charge in [0.25, 0.3) is 0 Å². The SMILES string of the molecule is CC(C)COCCN(CCN)Cc1ccccc1. The summed E-state index contributed by atoms with van der Waals surface area (Å²) in [6, 6.07) is 10.5. The van der Waals surface area contributed by atoms with E-state index in [-0.39, 0.29) is 0 Å². The van der Waals surface area contributed by atoms with Crippen LogP contribution in [0.1, 0.15) is 19.4 Å². The van der Waals surface area contributed by atoms with Crippen LogP contribution in [-0.2, 0) is 11.3 Å². The van der Waals surface area contributed by atoms with E-state index in [1.165, 1.54) is 5.56 Å². The molecule has 102 valence electrons. The number of nitrogens with two attached hydrogens (primary N) is 1. The normalized spacial score (nSPS) is 11.4. The fourth-order valence-corrected chi connectivity index (χ4v) is 1.81. The second-order valence-corrected chi connectivity index (χ2v) is 5.02. The van der Waals surface area contributed by atoms with Gasteiger partial charge in [0, 0.05) is 32.8 Å². The Bertz CT molecular complexity index is 301. The fraction of sp³-hybridized carbons (Fsp3) is 0.600. The first-order valence-electron chi connectivity index (χ1n) is 6.76. The van der Waals surface area contributed by atoms with E-state index in [1.54, 1.807) is 0 Å². The van der Waals surface area contributed by atoms with Gasteiger partial charge in [-0.15, -0.1) is 0 Å². The molecule has 0 radical (unpaired) electrons. The van der Waals surface area contributed by atoms with Gasteiger partial charge in [0.2, 0.25) is 0 Å². The Morgan fingerprint density at radius 1 is 1.17 bits per heavy atom. The Hall–Kier alpha value is -0.900. The quantitative estimate of drug-likeness (QED) is 0.682. The number of nitrogens with zero attached hydrogens (tertiary/aromatic N) is 1. The van der Waals surface area contributed by atoms with Crippen LogP contribution in [0.15, 0.2) is 30.3 Å². The number of rotatable bonds is 9. The molecule has 0 fully saturated rings. The highest BCUT2D eigenvalue weighted by Gasteiger charge is 2.05. The number of ether oxygens (including phenoxy) is 1. The Morgan fingerprint density at radius 3 is 2.50 bits per heavy atom. The molecule has 0 amide bonds. The molecule has 18 heavy (non-hydrogen) atoms. The first-order chi connectivity index (χ1) is 8.72. The van der Waals surface area contributed by atoms with Gasteiger partial charge in [-0.05, 0) is 11.5 Å². The van der Waals surface area contributed by atoms with Crippen LogP contribution in [0.3, 0.4) is 0 Å². The molecule has 2 N–H and O–H groups in total. The number of benzene rings is 1.